The van der Waals surface area contributed by atoms with Crippen LogP contribution in [0.25, 0.3) is 0 Å². The zero-order chi connectivity index (χ0) is 14.9. The SMILES string of the molecule is Cc1cc(Br)c(S(=O)(=O)N2CCCC(CCl)C2)cc1Br. The molecule has 1 saturated heterocycles. The average Bonchev–Trinajstić information content (AvgIpc) is 2.42. The lowest BCUT2D eigenvalue weighted by Gasteiger charge is -2.31. The molecular formula is C13H16Br2ClNO2S. The first-order valence-electron chi connectivity index (χ1n) is 6.38. The van der Waals surface area contributed by atoms with E-state index in [1.165, 1.54) is 0 Å². The molecular weight excluding hydrogens is 429 g/mol. The molecule has 1 aromatic rings. The van der Waals surface area contributed by atoms with E-state index in [9.17, 15) is 8.42 Å². The molecule has 1 aromatic carbocycles. The van der Waals surface area contributed by atoms with E-state index >= 15 is 0 Å². The van der Waals surface area contributed by atoms with Crippen molar-refractivity contribution in [2.24, 2.45) is 5.92 Å². The van der Waals surface area contributed by atoms with Crippen molar-refractivity contribution in [1.29, 1.82) is 0 Å². The van der Waals surface area contributed by atoms with Gasteiger partial charge in [-0.3, -0.25) is 0 Å². The fourth-order valence-corrected chi connectivity index (χ4v) is 5.78. The van der Waals surface area contributed by atoms with Gasteiger partial charge in [0.1, 0.15) is 0 Å². The molecule has 1 unspecified atom stereocenters. The zero-order valence-corrected chi connectivity index (χ0v) is 15.8. The van der Waals surface area contributed by atoms with E-state index < -0.39 is 10.0 Å². The van der Waals surface area contributed by atoms with Crippen molar-refractivity contribution in [3.63, 3.8) is 0 Å². The smallest absolute Gasteiger partial charge is 0.207 e. The molecule has 0 N–H and O–H groups in total. The Morgan fingerprint density at radius 3 is 2.70 bits per heavy atom. The van der Waals surface area contributed by atoms with Gasteiger partial charge in [-0.15, -0.1) is 11.6 Å². The molecule has 0 amide bonds. The van der Waals surface area contributed by atoms with Crippen molar-refractivity contribution in [3.05, 3.63) is 26.6 Å². The number of alkyl halides is 1. The van der Waals surface area contributed by atoms with Gasteiger partial charge >= 0.3 is 0 Å². The summed E-state index contributed by atoms with van der Waals surface area (Å²) in [6, 6.07) is 3.49. The first-order valence-corrected chi connectivity index (χ1v) is 9.94. The minimum absolute atomic E-state index is 0.243. The number of halogens is 3. The highest BCUT2D eigenvalue weighted by molar-refractivity contribution is 9.11. The third-order valence-corrected chi connectivity index (χ3v) is 7.65. The minimum atomic E-state index is -3.48. The predicted molar refractivity (Wildman–Crippen MR) is 88.8 cm³/mol. The van der Waals surface area contributed by atoms with E-state index in [0.717, 1.165) is 22.9 Å². The van der Waals surface area contributed by atoms with E-state index in [4.69, 9.17) is 11.6 Å². The Morgan fingerprint density at radius 2 is 2.05 bits per heavy atom. The largest absolute Gasteiger partial charge is 0.244 e. The monoisotopic (exact) mass is 443 g/mol. The second-order valence-corrected chi connectivity index (χ2v) is 8.98. The highest BCUT2D eigenvalue weighted by Crippen LogP contribution is 2.32. The normalized spacial score (nSPS) is 21.1. The Hall–Kier alpha value is 0.380. The summed E-state index contributed by atoms with van der Waals surface area (Å²) >= 11 is 12.6. The molecule has 1 aliphatic rings. The van der Waals surface area contributed by atoms with Crippen LogP contribution in [0.15, 0.2) is 26.0 Å². The van der Waals surface area contributed by atoms with Crippen molar-refractivity contribution in [2.75, 3.05) is 19.0 Å². The van der Waals surface area contributed by atoms with Crippen LogP contribution < -0.4 is 0 Å². The standard InChI is InChI=1S/C13H16Br2ClNO2S/c1-9-5-12(15)13(6-11(9)14)20(18,19)17-4-2-3-10(7-16)8-17/h5-6,10H,2-4,7-8H2,1H3. The third kappa shape index (κ3) is 3.40. The fourth-order valence-electron chi connectivity index (χ4n) is 2.34. The molecule has 0 radical (unpaired) electrons. The number of rotatable bonds is 3. The van der Waals surface area contributed by atoms with Crippen molar-refractivity contribution in [3.8, 4) is 0 Å². The van der Waals surface area contributed by atoms with E-state index in [2.05, 4.69) is 31.9 Å². The van der Waals surface area contributed by atoms with Crippen LogP contribution in [-0.4, -0.2) is 31.7 Å². The summed E-state index contributed by atoms with van der Waals surface area (Å²) in [6.45, 7) is 2.99. The number of piperidine rings is 1. The van der Waals surface area contributed by atoms with Gasteiger partial charge in [-0.25, -0.2) is 8.42 Å². The quantitative estimate of drug-likeness (QED) is 0.655. The topological polar surface area (TPSA) is 37.4 Å². The van der Waals surface area contributed by atoms with Crippen LogP contribution >= 0.6 is 43.5 Å². The van der Waals surface area contributed by atoms with E-state index in [1.807, 2.05) is 13.0 Å². The first-order chi connectivity index (χ1) is 9.36. The maximum absolute atomic E-state index is 12.8. The molecule has 0 spiro atoms. The van der Waals surface area contributed by atoms with Crippen molar-refractivity contribution < 1.29 is 8.42 Å². The minimum Gasteiger partial charge on any atom is -0.207 e. The van der Waals surface area contributed by atoms with Crippen LogP contribution in [0.1, 0.15) is 18.4 Å². The molecule has 20 heavy (non-hydrogen) atoms. The predicted octanol–water partition coefficient (Wildman–Crippen LogP) is 4.16. The lowest BCUT2D eigenvalue weighted by Crippen LogP contribution is -2.40. The Kier molecular flexibility index (Phi) is 5.57. The highest BCUT2D eigenvalue weighted by Gasteiger charge is 2.31. The number of aryl methyl sites for hydroxylation is 1. The van der Waals surface area contributed by atoms with E-state index in [1.54, 1.807) is 10.4 Å². The van der Waals surface area contributed by atoms with Crippen LogP contribution in [-0.2, 0) is 10.0 Å². The van der Waals surface area contributed by atoms with Crippen molar-refractivity contribution >= 4 is 53.5 Å². The summed E-state index contributed by atoms with van der Waals surface area (Å²) in [5.74, 6) is 0.748. The van der Waals surface area contributed by atoms with Gasteiger partial charge in [-0.2, -0.15) is 4.31 Å². The van der Waals surface area contributed by atoms with E-state index in [-0.39, 0.29) is 5.92 Å². The molecule has 0 aliphatic carbocycles. The Morgan fingerprint density at radius 1 is 1.35 bits per heavy atom. The van der Waals surface area contributed by atoms with Crippen LogP contribution in [0, 0.1) is 12.8 Å². The molecule has 1 fully saturated rings. The second kappa shape index (κ2) is 6.65. The van der Waals surface area contributed by atoms with E-state index in [0.29, 0.717) is 28.3 Å². The summed E-state index contributed by atoms with van der Waals surface area (Å²) < 4.78 is 28.5. The third-order valence-electron chi connectivity index (χ3n) is 3.53. The molecule has 1 aliphatic heterocycles. The lowest BCUT2D eigenvalue weighted by atomic mass is 10.0. The van der Waals surface area contributed by atoms with Crippen molar-refractivity contribution in [2.45, 2.75) is 24.7 Å². The van der Waals surface area contributed by atoms with Gasteiger partial charge in [0.05, 0.1) is 4.90 Å². The van der Waals surface area contributed by atoms with Gasteiger partial charge in [0.25, 0.3) is 0 Å². The van der Waals surface area contributed by atoms with Crippen molar-refractivity contribution in [1.82, 2.24) is 4.31 Å². The first kappa shape index (κ1) is 16.7. The van der Waals surface area contributed by atoms with Gasteiger partial charge in [-0.05, 0) is 59.3 Å². The summed E-state index contributed by atoms with van der Waals surface area (Å²) in [5, 5.41) is 0. The summed E-state index contributed by atoms with van der Waals surface area (Å²) in [6.07, 6.45) is 1.86. The molecule has 1 heterocycles. The second-order valence-electron chi connectivity index (χ2n) is 5.06. The molecule has 0 saturated carbocycles. The molecule has 0 bridgehead atoms. The molecule has 3 nitrogen and oxygen atoms in total. The van der Waals surface area contributed by atoms with Gasteiger partial charge in [0, 0.05) is 27.9 Å². The number of hydrogen-bond donors (Lipinski definition) is 0. The van der Waals surface area contributed by atoms with Gasteiger partial charge in [-0.1, -0.05) is 15.9 Å². The molecule has 0 aromatic heterocycles. The Bertz CT molecular complexity index is 607. The van der Waals surface area contributed by atoms with Crippen LogP contribution in [0.4, 0.5) is 0 Å². The van der Waals surface area contributed by atoms with Crippen LogP contribution in [0.2, 0.25) is 0 Å². The maximum Gasteiger partial charge on any atom is 0.244 e. The van der Waals surface area contributed by atoms with Gasteiger partial charge in [0.15, 0.2) is 0 Å². The fraction of sp³-hybridized carbons (Fsp3) is 0.538. The zero-order valence-electron chi connectivity index (χ0n) is 11.1. The molecule has 112 valence electrons. The number of benzene rings is 1. The van der Waals surface area contributed by atoms with Gasteiger partial charge in [0.2, 0.25) is 10.0 Å². The Balaban J connectivity index is 2.37. The summed E-state index contributed by atoms with van der Waals surface area (Å²) in [7, 11) is -3.48. The molecule has 2 rings (SSSR count). The molecule has 1 atom stereocenters. The number of sulfonamides is 1. The molecule has 7 heteroatoms. The van der Waals surface area contributed by atoms with Crippen LogP contribution in [0.3, 0.4) is 0 Å². The summed E-state index contributed by atoms with van der Waals surface area (Å²) in [5.41, 5.74) is 0.994. The average molecular weight is 446 g/mol. The Labute approximate surface area is 142 Å². The maximum atomic E-state index is 12.8. The van der Waals surface area contributed by atoms with Gasteiger partial charge < -0.3 is 0 Å². The van der Waals surface area contributed by atoms with Crippen LogP contribution in [0.5, 0.6) is 0 Å². The summed E-state index contributed by atoms with van der Waals surface area (Å²) in [4.78, 5) is 0.310. The number of hydrogen-bond acceptors (Lipinski definition) is 2. The lowest BCUT2D eigenvalue weighted by molar-refractivity contribution is 0.283. The number of nitrogens with zero attached hydrogens (tertiary/aromatic N) is 1. The highest BCUT2D eigenvalue weighted by atomic mass is 79.9.